The molecule has 0 aromatic carbocycles. The van der Waals surface area contributed by atoms with E-state index in [0.717, 1.165) is 37.8 Å². The smallest absolute Gasteiger partial charge is 0.314 e. The number of rotatable bonds is 7. The SMILES string of the molecule is CCC(C(=O)OC)c1nc(N(C)C2C3CC4CC2CC(O)(C4)C3)nc(Nc2cc(C)[nH]n2)c1F. The fourth-order valence-corrected chi connectivity index (χ4v) is 6.86. The van der Waals surface area contributed by atoms with Crippen LogP contribution in [0, 0.1) is 30.5 Å². The number of H-pyrrole nitrogens is 1. The Morgan fingerprint density at radius 3 is 2.62 bits per heavy atom. The summed E-state index contributed by atoms with van der Waals surface area (Å²) in [6.45, 7) is 3.65. The van der Waals surface area contributed by atoms with Crippen LogP contribution in [0.4, 0.5) is 22.0 Å². The number of carbonyl (C=O) groups is 1. The molecule has 4 fully saturated rings. The number of nitrogens with zero attached hydrogens (tertiary/aromatic N) is 4. The van der Waals surface area contributed by atoms with Gasteiger partial charge in [-0.25, -0.2) is 9.37 Å². The number of nitrogens with one attached hydrogen (secondary N) is 2. The molecule has 184 valence electrons. The summed E-state index contributed by atoms with van der Waals surface area (Å²) in [6, 6.07) is 1.91. The van der Waals surface area contributed by atoms with E-state index >= 15 is 4.39 Å². The molecule has 4 saturated carbocycles. The molecule has 34 heavy (non-hydrogen) atoms. The molecule has 4 bridgehead atoms. The Kier molecular flexibility index (Phi) is 5.74. The van der Waals surface area contributed by atoms with Gasteiger partial charge in [-0.15, -0.1) is 0 Å². The summed E-state index contributed by atoms with van der Waals surface area (Å²) in [4.78, 5) is 23.6. The molecule has 0 aliphatic heterocycles. The van der Waals surface area contributed by atoms with Crippen molar-refractivity contribution in [2.75, 3.05) is 24.4 Å². The number of methoxy groups -OCH3 is 1. The lowest BCUT2D eigenvalue weighted by Gasteiger charge is -2.59. The van der Waals surface area contributed by atoms with Gasteiger partial charge in [0, 0.05) is 24.8 Å². The second-order valence-electron chi connectivity index (χ2n) is 10.4. The number of aromatic nitrogens is 4. The van der Waals surface area contributed by atoms with E-state index in [1.165, 1.54) is 7.11 Å². The highest BCUT2D eigenvalue weighted by Crippen LogP contribution is 2.57. The Balaban J connectivity index is 1.54. The molecule has 3 N–H and O–H groups in total. The van der Waals surface area contributed by atoms with E-state index in [1.807, 2.05) is 18.9 Å². The van der Waals surface area contributed by atoms with Crippen molar-refractivity contribution in [1.82, 2.24) is 20.2 Å². The van der Waals surface area contributed by atoms with Crippen LogP contribution in [0.5, 0.6) is 0 Å². The molecular formula is C24H33FN6O3. The Morgan fingerprint density at radius 1 is 1.35 bits per heavy atom. The molecule has 9 nitrogen and oxygen atoms in total. The van der Waals surface area contributed by atoms with E-state index in [1.54, 1.807) is 13.0 Å². The Labute approximate surface area is 198 Å². The molecule has 4 aliphatic carbocycles. The first-order valence-corrected chi connectivity index (χ1v) is 12.1. The van der Waals surface area contributed by atoms with Crippen molar-refractivity contribution in [3.63, 3.8) is 0 Å². The van der Waals surface area contributed by atoms with Gasteiger partial charge in [0.25, 0.3) is 0 Å². The van der Waals surface area contributed by atoms with Crippen LogP contribution in [0.15, 0.2) is 6.07 Å². The van der Waals surface area contributed by atoms with Crippen molar-refractivity contribution in [2.45, 2.75) is 69.9 Å². The maximum Gasteiger partial charge on any atom is 0.314 e. The number of aryl methyl sites for hydroxylation is 1. The van der Waals surface area contributed by atoms with Gasteiger partial charge in [0.05, 0.1) is 18.4 Å². The Morgan fingerprint density at radius 2 is 2.06 bits per heavy atom. The first-order valence-electron chi connectivity index (χ1n) is 12.1. The third-order valence-electron chi connectivity index (χ3n) is 8.00. The number of hydrogen-bond donors (Lipinski definition) is 3. The second kappa shape index (κ2) is 8.48. The largest absolute Gasteiger partial charge is 0.469 e. The minimum absolute atomic E-state index is 0.0170. The summed E-state index contributed by atoms with van der Waals surface area (Å²) < 4.78 is 20.6. The van der Waals surface area contributed by atoms with Gasteiger partial charge in [0.15, 0.2) is 17.5 Å². The highest BCUT2D eigenvalue weighted by molar-refractivity contribution is 5.78. The van der Waals surface area contributed by atoms with Gasteiger partial charge in [0.1, 0.15) is 5.92 Å². The zero-order valence-electron chi connectivity index (χ0n) is 20.1. The van der Waals surface area contributed by atoms with E-state index in [4.69, 9.17) is 4.74 Å². The van der Waals surface area contributed by atoms with Gasteiger partial charge < -0.3 is 20.1 Å². The molecule has 2 aromatic heterocycles. The molecule has 6 rings (SSSR count). The number of carbonyl (C=O) groups excluding carboxylic acids is 1. The zero-order chi connectivity index (χ0) is 24.2. The third-order valence-corrected chi connectivity index (χ3v) is 8.00. The van der Waals surface area contributed by atoms with Crippen LogP contribution >= 0.6 is 0 Å². The summed E-state index contributed by atoms with van der Waals surface area (Å²) in [5.41, 5.74) is 0.288. The van der Waals surface area contributed by atoms with Gasteiger partial charge in [-0.2, -0.15) is 10.1 Å². The number of halogens is 1. The molecule has 0 saturated heterocycles. The van der Waals surface area contributed by atoms with Gasteiger partial charge in [-0.05, 0) is 63.2 Å². The van der Waals surface area contributed by atoms with Crippen molar-refractivity contribution in [3.05, 3.63) is 23.3 Å². The van der Waals surface area contributed by atoms with Crippen LogP contribution in [-0.4, -0.2) is 57.0 Å². The summed E-state index contributed by atoms with van der Waals surface area (Å²) >= 11 is 0. The van der Waals surface area contributed by atoms with E-state index < -0.39 is 23.3 Å². The van der Waals surface area contributed by atoms with Crippen LogP contribution in [0.3, 0.4) is 0 Å². The molecular weight excluding hydrogens is 439 g/mol. The number of anilines is 3. The molecule has 0 spiro atoms. The monoisotopic (exact) mass is 472 g/mol. The van der Waals surface area contributed by atoms with Crippen molar-refractivity contribution in [1.29, 1.82) is 0 Å². The quantitative estimate of drug-likeness (QED) is 0.525. The summed E-state index contributed by atoms with van der Waals surface area (Å²) in [5.74, 6) is -0.0560. The number of aromatic amines is 1. The minimum Gasteiger partial charge on any atom is -0.469 e. The van der Waals surface area contributed by atoms with Gasteiger partial charge in [0.2, 0.25) is 5.95 Å². The molecule has 2 heterocycles. The first kappa shape index (κ1) is 23.0. The first-order chi connectivity index (χ1) is 16.2. The van der Waals surface area contributed by atoms with E-state index in [9.17, 15) is 9.90 Å². The topological polar surface area (TPSA) is 116 Å². The fraction of sp³-hybridized carbons (Fsp3) is 0.667. The number of hydrogen-bond acceptors (Lipinski definition) is 8. The van der Waals surface area contributed by atoms with Gasteiger partial charge >= 0.3 is 5.97 Å². The lowest BCUT2D eigenvalue weighted by molar-refractivity contribution is -0.142. The zero-order valence-corrected chi connectivity index (χ0v) is 20.1. The highest BCUT2D eigenvalue weighted by atomic mass is 19.1. The van der Waals surface area contributed by atoms with Crippen molar-refractivity contribution < 1.29 is 19.0 Å². The standard InChI is InChI=1S/C24H33FN6O3/c1-5-16(22(32)34-4)19-18(25)21(26-17-6-12(2)29-30-17)28-23(27-19)31(3)20-14-7-13-8-15(20)11-24(33,9-13)10-14/h6,13-16,20,33H,5,7-11H2,1-4H3,(H2,26,27,28,29,30). The maximum absolute atomic E-state index is 15.6. The van der Waals surface area contributed by atoms with Crippen LogP contribution in [0.1, 0.15) is 62.8 Å². The van der Waals surface area contributed by atoms with E-state index in [-0.39, 0.29) is 17.6 Å². The van der Waals surface area contributed by atoms with Crippen molar-refractivity contribution >= 4 is 23.6 Å². The normalized spacial score (nSPS) is 30.3. The maximum atomic E-state index is 15.6. The molecule has 0 amide bonds. The Bertz CT molecular complexity index is 1070. The molecule has 3 unspecified atom stereocenters. The highest BCUT2D eigenvalue weighted by Gasteiger charge is 2.56. The lowest BCUT2D eigenvalue weighted by Crippen LogP contribution is -2.61. The summed E-state index contributed by atoms with van der Waals surface area (Å²) in [6.07, 6.45) is 4.97. The summed E-state index contributed by atoms with van der Waals surface area (Å²) in [5, 5.41) is 20.9. The molecule has 10 heteroatoms. The second-order valence-corrected chi connectivity index (χ2v) is 10.4. The molecule has 4 aliphatic rings. The predicted octanol–water partition coefficient (Wildman–Crippen LogP) is 3.43. The van der Waals surface area contributed by atoms with Crippen LogP contribution in [0.25, 0.3) is 0 Å². The van der Waals surface area contributed by atoms with Crippen LogP contribution in [-0.2, 0) is 9.53 Å². The number of aliphatic hydroxyl groups is 1. The minimum atomic E-state index is -0.846. The van der Waals surface area contributed by atoms with Gasteiger partial charge in [-0.3, -0.25) is 9.89 Å². The average Bonchev–Trinajstić information content (AvgIpc) is 3.19. The fourth-order valence-electron chi connectivity index (χ4n) is 6.86. The van der Waals surface area contributed by atoms with Crippen molar-refractivity contribution in [2.24, 2.45) is 17.8 Å². The van der Waals surface area contributed by atoms with Crippen LogP contribution < -0.4 is 10.2 Å². The number of esters is 1. The van der Waals surface area contributed by atoms with Crippen molar-refractivity contribution in [3.8, 4) is 0 Å². The molecule has 2 aromatic rings. The van der Waals surface area contributed by atoms with E-state index in [2.05, 4.69) is 25.5 Å². The summed E-state index contributed by atoms with van der Waals surface area (Å²) in [7, 11) is 3.23. The van der Waals surface area contributed by atoms with E-state index in [0.29, 0.717) is 35.9 Å². The number of ether oxygens (including phenoxy) is 1. The molecule has 3 atom stereocenters. The predicted molar refractivity (Wildman–Crippen MR) is 124 cm³/mol. The Hall–Kier alpha value is -2.75. The lowest BCUT2D eigenvalue weighted by atomic mass is 9.52. The average molecular weight is 473 g/mol. The molecule has 0 radical (unpaired) electrons. The van der Waals surface area contributed by atoms with Crippen LogP contribution in [0.2, 0.25) is 0 Å². The third kappa shape index (κ3) is 3.91. The van der Waals surface area contributed by atoms with Gasteiger partial charge in [-0.1, -0.05) is 6.92 Å².